The van der Waals surface area contributed by atoms with Crippen molar-refractivity contribution in [2.75, 3.05) is 57.4 Å². The lowest BCUT2D eigenvalue weighted by Crippen LogP contribution is -2.56. The van der Waals surface area contributed by atoms with Crippen molar-refractivity contribution >= 4 is 15.7 Å². The normalized spacial score (nSPS) is 22.5. The third-order valence-electron chi connectivity index (χ3n) is 5.67. The summed E-state index contributed by atoms with van der Waals surface area (Å²) >= 11 is 0. The molecule has 0 spiro atoms. The molecule has 1 aromatic rings. The van der Waals surface area contributed by atoms with Crippen molar-refractivity contribution in [3.05, 3.63) is 35.9 Å². The molecule has 2 heterocycles. The molecule has 0 aliphatic carbocycles. The first-order valence-corrected chi connectivity index (χ1v) is 11.7. The summed E-state index contributed by atoms with van der Waals surface area (Å²) in [6, 6.07) is 9.13. The fraction of sp³-hybridized carbons (Fsp3) is 0.650. The Morgan fingerprint density at radius 2 is 1.71 bits per heavy atom. The quantitative estimate of drug-likeness (QED) is 0.745. The number of hydrogen-bond acceptors (Lipinski definition) is 6. The molecule has 28 heavy (non-hydrogen) atoms. The van der Waals surface area contributed by atoms with E-state index in [0.717, 1.165) is 18.7 Å². The number of rotatable bonds is 6. The Morgan fingerprint density at radius 1 is 1.11 bits per heavy atom. The van der Waals surface area contributed by atoms with Gasteiger partial charge in [0.15, 0.2) is 9.84 Å². The third-order valence-corrected chi connectivity index (χ3v) is 7.28. The van der Waals surface area contributed by atoms with Crippen LogP contribution >= 0.6 is 0 Å². The smallest absolute Gasteiger partial charge is 0.242 e. The van der Waals surface area contributed by atoms with Crippen LogP contribution in [0.3, 0.4) is 0 Å². The number of amides is 1. The Bertz CT molecular complexity index is 747. The van der Waals surface area contributed by atoms with Crippen molar-refractivity contribution < 1.29 is 17.9 Å². The van der Waals surface area contributed by atoms with Crippen LogP contribution in [0.1, 0.15) is 25.5 Å². The molecular formula is C20H31N3O4S. The summed E-state index contributed by atoms with van der Waals surface area (Å²) in [7, 11) is -3.00. The summed E-state index contributed by atoms with van der Waals surface area (Å²) in [6.45, 7) is 8.68. The van der Waals surface area contributed by atoms with Crippen molar-refractivity contribution in [3.63, 3.8) is 0 Å². The number of nitrogens with one attached hydrogen (secondary N) is 1. The van der Waals surface area contributed by atoms with Crippen LogP contribution in [0.5, 0.6) is 0 Å². The van der Waals surface area contributed by atoms with Gasteiger partial charge in [-0.25, -0.2) is 8.42 Å². The Labute approximate surface area is 167 Å². The Kier molecular flexibility index (Phi) is 6.75. The molecular weight excluding hydrogens is 378 g/mol. The predicted octanol–water partition coefficient (Wildman–Crippen LogP) is 0.685. The lowest BCUT2D eigenvalue weighted by Gasteiger charge is -2.41. The van der Waals surface area contributed by atoms with Gasteiger partial charge in [-0.2, -0.15) is 0 Å². The van der Waals surface area contributed by atoms with Gasteiger partial charge in [0, 0.05) is 38.3 Å². The molecule has 2 fully saturated rings. The fourth-order valence-corrected chi connectivity index (χ4v) is 5.06. The van der Waals surface area contributed by atoms with Crippen LogP contribution in [0.25, 0.3) is 0 Å². The average molecular weight is 410 g/mol. The molecule has 1 unspecified atom stereocenters. The van der Waals surface area contributed by atoms with E-state index in [9.17, 15) is 13.2 Å². The first-order valence-electron chi connectivity index (χ1n) is 9.88. The zero-order valence-electron chi connectivity index (χ0n) is 16.8. The number of carbonyl (C=O) groups is 1. The Hall–Kier alpha value is -1.48. The first-order chi connectivity index (χ1) is 13.3. The molecule has 7 nitrogen and oxygen atoms in total. The van der Waals surface area contributed by atoms with E-state index in [-0.39, 0.29) is 23.0 Å². The van der Waals surface area contributed by atoms with Gasteiger partial charge in [0.05, 0.1) is 24.7 Å². The van der Waals surface area contributed by atoms with Crippen LogP contribution in [0.15, 0.2) is 30.3 Å². The van der Waals surface area contributed by atoms with Crippen molar-refractivity contribution in [3.8, 4) is 0 Å². The maximum absolute atomic E-state index is 13.2. The molecule has 2 aliphatic rings. The van der Waals surface area contributed by atoms with Crippen LogP contribution in [-0.4, -0.2) is 87.1 Å². The minimum atomic E-state index is -3.00. The van der Waals surface area contributed by atoms with Crippen LogP contribution < -0.4 is 5.32 Å². The van der Waals surface area contributed by atoms with Gasteiger partial charge >= 0.3 is 0 Å². The van der Waals surface area contributed by atoms with Crippen LogP contribution in [-0.2, 0) is 19.4 Å². The SMILES string of the molecule is CC(C)(CNC(=O)C(c1ccccc1)N1CCS(=O)(=O)CC1)N1CCOCC1. The molecule has 156 valence electrons. The maximum Gasteiger partial charge on any atom is 0.242 e. The minimum Gasteiger partial charge on any atom is -0.379 e. The fourth-order valence-electron chi connectivity index (χ4n) is 3.83. The number of ether oxygens (including phenoxy) is 1. The van der Waals surface area contributed by atoms with E-state index < -0.39 is 15.9 Å². The second-order valence-electron chi connectivity index (χ2n) is 8.13. The van der Waals surface area contributed by atoms with Crippen molar-refractivity contribution in [1.82, 2.24) is 15.1 Å². The summed E-state index contributed by atoms with van der Waals surface area (Å²) in [5.41, 5.74) is 0.717. The van der Waals surface area contributed by atoms with Crippen molar-refractivity contribution in [1.29, 1.82) is 0 Å². The molecule has 1 atom stereocenters. The molecule has 2 saturated heterocycles. The number of hydrogen-bond donors (Lipinski definition) is 1. The second-order valence-corrected chi connectivity index (χ2v) is 10.4. The van der Waals surface area contributed by atoms with E-state index in [0.29, 0.717) is 32.8 Å². The molecule has 0 bridgehead atoms. The second kappa shape index (κ2) is 8.90. The summed E-state index contributed by atoms with van der Waals surface area (Å²) in [4.78, 5) is 17.5. The van der Waals surface area contributed by atoms with Crippen molar-refractivity contribution in [2.24, 2.45) is 0 Å². The van der Waals surface area contributed by atoms with Gasteiger partial charge < -0.3 is 10.1 Å². The standard InChI is InChI=1S/C20H31N3O4S/c1-20(2,23-8-12-27-13-9-23)16-21-19(24)18(17-6-4-3-5-7-17)22-10-14-28(25,26)15-11-22/h3-7,18H,8-16H2,1-2H3,(H,21,24). The van der Waals surface area contributed by atoms with E-state index in [1.807, 2.05) is 35.2 Å². The van der Waals surface area contributed by atoms with E-state index in [4.69, 9.17) is 4.74 Å². The molecule has 1 aromatic carbocycles. The molecule has 1 amide bonds. The third kappa shape index (κ3) is 5.31. The summed E-state index contributed by atoms with van der Waals surface area (Å²) in [6.07, 6.45) is 0. The predicted molar refractivity (Wildman–Crippen MR) is 109 cm³/mol. The number of benzene rings is 1. The number of morpholine rings is 1. The number of sulfone groups is 1. The topological polar surface area (TPSA) is 79.0 Å². The van der Waals surface area contributed by atoms with Gasteiger partial charge in [0.2, 0.25) is 5.91 Å². The largest absolute Gasteiger partial charge is 0.379 e. The summed E-state index contributed by atoms with van der Waals surface area (Å²) in [5.74, 6) is 0.123. The Balaban J connectivity index is 1.70. The molecule has 0 aromatic heterocycles. The molecule has 2 aliphatic heterocycles. The zero-order valence-corrected chi connectivity index (χ0v) is 17.6. The molecule has 3 rings (SSSR count). The molecule has 0 saturated carbocycles. The minimum absolute atomic E-state index is 0.0770. The van der Waals surface area contributed by atoms with E-state index in [1.165, 1.54) is 0 Å². The molecule has 1 N–H and O–H groups in total. The van der Waals surface area contributed by atoms with E-state index in [1.54, 1.807) is 0 Å². The zero-order chi connectivity index (χ0) is 20.2. The monoisotopic (exact) mass is 409 g/mol. The summed E-state index contributed by atoms with van der Waals surface area (Å²) in [5, 5.41) is 3.12. The van der Waals surface area contributed by atoms with Gasteiger partial charge in [0.1, 0.15) is 6.04 Å². The lowest BCUT2D eigenvalue weighted by molar-refractivity contribution is -0.127. The highest BCUT2D eigenvalue weighted by molar-refractivity contribution is 7.91. The summed E-state index contributed by atoms with van der Waals surface area (Å²) < 4.78 is 29.1. The number of carbonyl (C=O) groups excluding carboxylic acids is 1. The highest BCUT2D eigenvalue weighted by atomic mass is 32.2. The van der Waals surface area contributed by atoms with Crippen molar-refractivity contribution in [2.45, 2.75) is 25.4 Å². The van der Waals surface area contributed by atoms with Gasteiger partial charge in [-0.3, -0.25) is 14.6 Å². The van der Waals surface area contributed by atoms with Gasteiger partial charge in [-0.05, 0) is 19.4 Å². The highest BCUT2D eigenvalue weighted by Crippen LogP contribution is 2.24. The van der Waals surface area contributed by atoms with E-state index in [2.05, 4.69) is 24.1 Å². The Morgan fingerprint density at radius 3 is 2.32 bits per heavy atom. The van der Waals surface area contributed by atoms with Crippen LogP contribution in [0.4, 0.5) is 0 Å². The van der Waals surface area contributed by atoms with E-state index >= 15 is 0 Å². The molecule has 8 heteroatoms. The van der Waals surface area contributed by atoms with Crippen LogP contribution in [0, 0.1) is 0 Å². The maximum atomic E-state index is 13.2. The van der Waals surface area contributed by atoms with Crippen LogP contribution in [0.2, 0.25) is 0 Å². The highest BCUT2D eigenvalue weighted by Gasteiger charge is 2.34. The first kappa shape index (κ1) is 21.2. The van der Waals surface area contributed by atoms with Gasteiger partial charge in [-0.1, -0.05) is 30.3 Å². The average Bonchev–Trinajstić information content (AvgIpc) is 2.69. The lowest BCUT2D eigenvalue weighted by atomic mass is 10.0. The molecule has 0 radical (unpaired) electrons. The van der Waals surface area contributed by atoms with Gasteiger partial charge in [-0.15, -0.1) is 0 Å². The van der Waals surface area contributed by atoms with Gasteiger partial charge in [0.25, 0.3) is 0 Å². The number of nitrogens with zero attached hydrogens (tertiary/aromatic N) is 2.